The molecule has 0 fully saturated rings. The van der Waals surface area contributed by atoms with Gasteiger partial charge in [0, 0.05) is 16.5 Å². The van der Waals surface area contributed by atoms with Gasteiger partial charge in [0.2, 0.25) is 0 Å². The number of rotatable bonds is 9. The van der Waals surface area contributed by atoms with E-state index in [9.17, 15) is 0 Å². The first-order valence-corrected chi connectivity index (χ1v) is 13.0. The molecule has 0 radical (unpaired) electrons. The Kier molecular flexibility index (Phi) is 8.74. The third-order valence-electron chi connectivity index (χ3n) is 6.71. The lowest BCUT2D eigenvalue weighted by Crippen LogP contribution is -1.96. The molecule has 1 heteroatoms. The number of fused-ring (bicyclic) bond motifs is 1. The van der Waals surface area contributed by atoms with Crippen molar-refractivity contribution < 1.29 is 4.39 Å². The highest BCUT2D eigenvalue weighted by Gasteiger charge is 2.08. The van der Waals surface area contributed by atoms with Crippen LogP contribution in [0, 0.1) is 24.6 Å². The summed E-state index contributed by atoms with van der Waals surface area (Å²) in [7, 11) is 0. The molecule has 0 atom stereocenters. The Bertz CT molecular complexity index is 1300. The second-order valence-corrected chi connectivity index (χ2v) is 9.57. The van der Waals surface area contributed by atoms with Crippen LogP contribution in [-0.4, -0.2) is 0 Å². The lowest BCUT2D eigenvalue weighted by Gasteiger charge is -2.08. The predicted molar refractivity (Wildman–Crippen MR) is 147 cm³/mol. The molecule has 0 aromatic heterocycles. The Hall–Kier alpha value is -3.37. The number of hydrogen-bond acceptors (Lipinski definition) is 0. The molecule has 4 rings (SSSR count). The van der Waals surface area contributed by atoms with Gasteiger partial charge in [-0.1, -0.05) is 105 Å². The number of halogens is 1. The highest BCUT2D eigenvalue weighted by atomic mass is 19.1. The van der Waals surface area contributed by atoms with Crippen LogP contribution in [0.4, 0.5) is 4.39 Å². The highest BCUT2D eigenvalue weighted by molar-refractivity contribution is 5.85. The summed E-state index contributed by atoms with van der Waals surface area (Å²) in [5.74, 6) is 6.40. The van der Waals surface area contributed by atoms with Crippen molar-refractivity contribution in [3.05, 3.63) is 118 Å². The lowest BCUT2D eigenvalue weighted by molar-refractivity contribution is 0.620. The second kappa shape index (κ2) is 12.4. The molecular formula is C34H35F. The van der Waals surface area contributed by atoms with Crippen LogP contribution in [0.2, 0.25) is 0 Å². The van der Waals surface area contributed by atoms with Crippen molar-refractivity contribution in [2.75, 3.05) is 0 Å². The zero-order valence-corrected chi connectivity index (χ0v) is 21.0. The van der Waals surface area contributed by atoms with E-state index in [1.54, 1.807) is 0 Å². The molecule has 4 aromatic carbocycles. The smallest absolute Gasteiger partial charge is 0.134 e. The van der Waals surface area contributed by atoms with E-state index >= 15 is 4.39 Å². The van der Waals surface area contributed by atoms with Gasteiger partial charge in [0.15, 0.2) is 0 Å². The first kappa shape index (κ1) is 24.7. The summed E-state index contributed by atoms with van der Waals surface area (Å²) < 4.78 is 15.2. The molecule has 0 bridgehead atoms. The fraction of sp³-hybridized carbons (Fsp3) is 0.294. The molecule has 0 aliphatic rings. The summed E-state index contributed by atoms with van der Waals surface area (Å²) in [4.78, 5) is 0. The Balaban J connectivity index is 1.39. The van der Waals surface area contributed by atoms with Gasteiger partial charge in [-0.2, -0.15) is 0 Å². The second-order valence-electron chi connectivity index (χ2n) is 9.57. The fourth-order valence-electron chi connectivity index (χ4n) is 4.47. The summed E-state index contributed by atoms with van der Waals surface area (Å²) in [6.07, 6.45) is 9.20. The number of benzene rings is 4. The summed E-state index contributed by atoms with van der Waals surface area (Å²) in [6.45, 7) is 4.33. The molecular weight excluding hydrogens is 427 g/mol. The maximum Gasteiger partial charge on any atom is 0.134 e. The molecule has 0 unspecified atom stereocenters. The Morgan fingerprint density at radius 1 is 0.629 bits per heavy atom. The van der Waals surface area contributed by atoms with Crippen molar-refractivity contribution in [1.29, 1.82) is 0 Å². The molecule has 4 aromatic rings. The Morgan fingerprint density at radius 3 is 2.06 bits per heavy atom. The molecule has 35 heavy (non-hydrogen) atoms. The Labute approximate surface area is 210 Å². The minimum absolute atomic E-state index is 0.112. The van der Waals surface area contributed by atoms with Crippen LogP contribution in [0.15, 0.2) is 78.9 Å². The van der Waals surface area contributed by atoms with E-state index in [0.717, 1.165) is 34.9 Å². The standard InChI is InChI=1S/C34H35F/c1-3-4-5-6-7-8-27-13-15-29(16-14-27)17-18-30-20-24-33-32(25-30)23-22-31(34(33)35)21-19-28-11-9-26(2)10-12-28/h9-16,20,22-25H,3-8,19,21H2,1-2H3. The van der Waals surface area contributed by atoms with Crippen LogP contribution in [0.25, 0.3) is 10.8 Å². The summed E-state index contributed by atoms with van der Waals surface area (Å²) in [5.41, 5.74) is 6.55. The molecule has 0 nitrogen and oxygen atoms in total. The number of hydrogen-bond donors (Lipinski definition) is 0. The van der Waals surface area contributed by atoms with Gasteiger partial charge in [-0.3, -0.25) is 0 Å². The minimum Gasteiger partial charge on any atom is -0.206 e. The third-order valence-corrected chi connectivity index (χ3v) is 6.71. The number of aryl methyl sites for hydroxylation is 4. The first-order valence-electron chi connectivity index (χ1n) is 13.0. The molecule has 178 valence electrons. The Morgan fingerprint density at radius 2 is 1.29 bits per heavy atom. The van der Waals surface area contributed by atoms with Crippen LogP contribution in [0.1, 0.15) is 72.4 Å². The maximum absolute atomic E-state index is 15.2. The third kappa shape index (κ3) is 7.06. The van der Waals surface area contributed by atoms with E-state index in [1.807, 2.05) is 30.3 Å². The van der Waals surface area contributed by atoms with Crippen molar-refractivity contribution in [3.8, 4) is 11.8 Å². The van der Waals surface area contributed by atoms with E-state index in [4.69, 9.17) is 0 Å². The van der Waals surface area contributed by atoms with Gasteiger partial charge in [-0.25, -0.2) is 4.39 Å². The average molecular weight is 463 g/mol. The molecule has 0 aliphatic carbocycles. The summed E-state index contributed by atoms with van der Waals surface area (Å²) >= 11 is 0. The van der Waals surface area contributed by atoms with Crippen molar-refractivity contribution in [2.45, 2.75) is 65.2 Å². The van der Waals surface area contributed by atoms with Gasteiger partial charge in [0.25, 0.3) is 0 Å². The van der Waals surface area contributed by atoms with Crippen molar-refractivity contribution in [3.63, 3.8) is 0 Å². The van der Waals surface area contributed by atoms with Crippen LogP contribution in [0.5, 0.6) is 0 Å². The van der Waals surface area contributed by atoms with E-state index in [1.165, 1.54) is 48.8 Å². The van der Waals surface area contributed by atoms with Crippen molar-refractivity contribution in [1.82, 2.24) is 0 Å². The quantitative estimate of drug-likeness (QED) is 0.172. The monoisotopic (exact) mass is 462 g/mol. The highest BCUT2D eigenvalue weighted by Crippen LogP contribution is 2.24. The van der Waals surface area contributed by atoms with Crippen LogP contribution in [-0.2, 0) is 19.3 Å². The SMILES string of the molecule is CCCCCCCc1ccc(C#Cc2ccc3c(F)c(CCc4ccc(C)cc4)ccc3c2)cc1. The maximum atomic E-state index is 15.2. The van der Waals surface area contributed by atoms with Crippen LogP contribution >= 0.6 is 0 Å². The van der Waals surface area contributed by atoms with Crippen molar-refractivity contribution >= 4 is 10.8 Å². The largest absolute Gasteiger partial charge is 0.206 e. The van der Waals surface area contributed by atoms with Gasteiger partial charge < -0.3 is 0 Å². The van der Waals surface area contributed by atoms with Gasteiger partial charge in [0.1, 0.15) is 5.82 Å². The zero-order chi connectivity index (χ0) is 24.5. The topological polar surface area (TPSA) is 0 Å². The molecule has 0 amide bonds. The van der Waals surface area contributed by atoms with Gasteiger partial charge in [0.05, 0.1) is 0 Å². The first-order chi connectivity index (χ1) is 17.1. The van der Waals surface area contributed by atoms with Crippen molar-refractivity contribution in [2.24, 2.45) is 0 Å². The molecule has 0 saturated heterocycles. The van der Waals surface area contributed by atoms with Crippen LogP contribution < -0.4 is 0 Å². The van der Waals surface area contributed by atoms with E-state index in [0.29, 0.717) is 11.8 Å². The molecule has 0 N–H and O–H groups in total. The fourth-order valence-corrected chi connectivity index (χ4v) is 4.47. The molecule has 0 spiro atoms. The van der Waals surface area contributed by atoms with E-state index in [-0.39, 0.29) is 5.82 Å². The average Bonchev–Trinajstić information content (AvgIpc) is 2.88. The van der Waals surface area contributed by atoms with Gasteiger partial charge >= 0.3 is 0 Å². The lowest BCUT2D eigenvalue weighted by atomic mass is 9.98. The summed E-state index contributed by atoms with van der Waals surface area (Å²) in [5, 5.41) is 1.56. The molecule has 0 aliphatic heterocycles. The minimum atomic E-state index is -0.112. The van der Waals surface area contributed by atoms with Crippen LogP contribution in [0.3, 0.4) is 0 Å². The van der Waals surface area contributed by atoms with E-state index in [2.05, 4.69) is 74.2 Å². The van der Waals surface area contributed by atoms with Gasteiger partial charge in [-0.05, 0) is 78.9 Å². The zero-order valence-electron chi connectivity index (χ0n) is 21.0. The molecule has 0 saturated carbocycles. The summed E-state index contributed by atoms with van der Waals surface area (Å²) in [6, 6.07) is 26.8. The normalized spacial score (nSPS) is 10.8. The van der Waals surface area contributed by atoms with Gasteiger partial charge in [-0.15, -0.1) is 0 Å². The molecule has 0 heterocycles. The predicted octanol–water partition coefficient (Wildman–Crippen LogP) is 8.99. The van der Waals surface area contributed by atoms with E-state index < -0.39 is 0 Å². The number of unbranched alkanes of at least 4 members (excludes halogenated alkanes) is 4.